The third-order valence-corrected chi connectivity index (χ3v) is 5.92. The zero-order valence-corrected chi connectivity index (χ0v) is 14.3. The van der Waals surface area contributed by atoms with Gasteiger partial charge in [-0.25, -0.2) is 0 Å². The molecule has 0 aliphatic carbocycles. The van der Waals surface area contributed by atoms with Gasteiger partial charge in [0, 0.05) is 32.7 Å². The van der Waals surface area contributed by atoms with Crippen molar-refractivity contribution in [1.29, 1.82) is 0 Å². The van der Waals surface area contributed by atoms with E-state index in [2.05, 4.69) is 17.1 Å². The minimum Gasteiger partial charge on any atom is -0.317 e. The van der Waals surface area contributed by atoms with Gasteiger partial charge in [0.25, 0.3) is 10.2 Å². The summed E-state index contributed by atoms with van der Waals surface area (Å²) in [5.41, 5.74) is 0. The highest BCUT2D eigenvalue weighted by atomic mass is 32.2. The molecule has 2 atom stereocenters. The fourth-order valence-electron chi connectivity index (χ4n) is 2.68. The van der Waals surface area contributed by atoms with Crippen molar-refractivity contribution in [2.24, 2.45) is 5.92 Å². The highest BCUT2D eigenvalue weighted by Crippen LogP contribution is 2.23. The van der Waals surface area contributed by atoms with Gasteiger partial charge in [0.15, 0.2) is 0 Å². The average molecular weight is 306 g/mol. The van der Waals surface area contributed by atoms with E-state index in [9.17, 15) is 8.42 Å². The predicted molar refractivity (Wildman–Crippen MR) is 82.9 cm³/mol. The van der Waals surface area contributed by atoms with Gasteiger partial charge in [0.1, 0.15) is 0 Å². The van der Waals surface area contributed by atoms with Crippen molar-refractivity contribution in [3.8, 4) is 0 Å². The number of hydrogen-bond donors (Lipinski definition) is 1. The molecule has 1 aliphatic heterocycles. The highest BCUT2D eigenvalue weighted by Gasteiger charge is 2.38. The molecule has 1 aliphatic rings. The van der Waals surface area contributed by atoms with Crippen LogP contribution < -0.4 is 5.32 Å². The molecule has 0 aromatic heterocycles. The lowest BCUT2D eigenvalue weighted by Gasteiger charge is -2.25. The molecule has 2 unspecified atom stereocenters. The molecule has 1 heterocycles. The second kappa shape index (κ2) is 7.70. The lowest BCUT2D eigenvalue weighted by Crippen LogP contribution is -2.43. The maximum absolute atomic E-state index is 12.5. The second-order valence-electron chi connectivity index (χ2n) is 5.86. The minimum absolute atomic E-state index is 0.305. The molecule has 1 N–H and O–H groups in total. The van der Waals surface area contributed by atoms with Gasteiger partial charge in [-0.15, -0.1) is 0 Å². The van der Waals surface area contributed by atoms with Crippen LogP contribution in [0.15, 0.2) is 0 Å². The van der Waals surface area contributed by atoms with Crippen LogP contribution in [0.5, 0.6) is 0 Å². The van der Waals surface area contributed by atoms with Gasteiger partial charge >= 0.3 is 0 Å². The van der Waals surface area contributed by atoms with Gasteiger partial charge in [0.05, 0.1) is 0 Å². The Bertz CT molecular complexity index is 386. The van der Waals surface area contributed by atoms with Crippen LogP contribution in [0.2, 0.25) is 0 Å². The van der Waals surface area contributed by atoms with Gasteiger partial charge in [-0.2, -0.15) is 17.0 Å². The van der Waals surface area contributed by atoms with E-state index in [1.165, 1.54) is 4.31 Å². The van der Waals surface area contributed by atoms with Crippen LogP contribution >= 0.6 is 0 Å². The van der Waals surface area contributed by atoms with E-state index in [0.717, 1.165) is 19.5 Å². The summed E-state index contributed by atoms with van der Waals surface area (Å²) in [7, 11) is 2.39. The zero-order chi connectivity index (χ0) is 15.3. The maximum Gasteiger partial charge on any atom is 0.281 e. The molecule has 0 radical (unpaired) electrons. The van der Waals surface area contributed by atoms with Gasteiger partial charge in [0.2, 0.25) is 0 Å². The van der Waals surface area contributed by atoms with Crippen LogP contribution in [0.4, 0.5) is 0 Å². The van der Waals surface area contributed by atoms with Crippen LogP contribution in [0.1, 0.15) is 20.3 Å². The molecule has 0 spiro atoms. The molecule has 0 aromatic carbocycles. The van der Waals surface area contributed by atoms with Crippen molar-refractivity contribution in [2.45, 2.75) is 26.3 Å². The summed E-state index contributed by atoms with van der Waals surface area (Å²) >= 11 is 0. The molecule has 0 bridgehead atoms. The molecule has 0 saturated carbocycles. The van der Waals surface area contributed by atoms with Crippen molar-refractivity contribution in [2.75, 3.05) is 53.9 Å². The van der Waals surface area contributed by atoms with Crippen molar-refractivity contribution < 1.29 is 8.42 Å². The lowest BCUT2D eigenvalue weighted by atomic mass is 10.1. The summed E-state index contributed by atoms with van der Waals surface area (Å²) in [5.74, 6) is 0.370. The molecular formula is C13H30N4O2S. The standard InChI is InChI=1S/C13H30N4O2S/c1-6-14-8-7-9-16(5)20(18,19)17-10-12(2)13(11-17)15(3)4/h12-14H,6-11H2,1-5H3. The monoisotopic (exact) mass is 306 g/mol. The first kappa shape index (κ1) is 17.8. The van der Waals surface area contributed by atoms with Gasteiger partial charge in [-0.05, 0) is 39.5 Å². The molecule has 1 rings (SSSR count). The van der Waals surface area contributed by atoms with Crippen molar-refractivity contribution in [1.82, 2.24) is 18.8 Å². The van der Waals surface area contributed by atoms with E-state index in [-0.39, 0.29) is 0 Å². The van der Waals surface area contributed by atoms with Gasteiger partial charge in [-0.3, -0.25) is 0 Å². The summed E-state index contributed by atoms with van der Waals surface area (Å²) in [6.07, 6.45) is 0.837. The second-order valence-corrected chi connectivity index (χ2v) is 7.90. The molecule has 1 fully saturated rings. The van der Waals surface area contributed by atoms with E-state index < -0.39 is 10.2 Å². The zero-order valence-electron chi connectivity index (χ0n) is 13.5. The topological polar surface area (TPSA) is 55.9 Å². The van der Waals surface area contributed by atoms with Crippen LogP contribution in [0.25, 0.3) is 0 Å². The molecular weight excluding hydrogens is 276 g/mol. The summed E-state index contributed by atoms with van der Waals surface area (Å²) in [4.78, 5) is 2.12. The summed E-state index contributed by atoms with van der Waals surface area (Å²) < 4.78 is 28.1. The molecule has 0 aromatic rings. The molecule has 20 heavy (non-hydrogen) atoms. The Morgan fingerprint density at radius 1 is 1.25 bits per heavy atom. The minimum atomic E-state index is -3.31. The Morgan fingerprint density at radius 3 is 2.40 bits per heavy atom. The predicted octanol–water partition coefficient (Wildman–Crippen LogP) is 0.0445. The lowest BCUT2D eigenvalue weighted by molar-refractivity contribution is 0.262. The highest BCUT2D eigenvalue weighted by molar-refractivity contribution is 7.86. The van der Waals surface area contributed by atoms with Crippen LogP contribution in [0.3, 0.4) is 0 Å². The fourth-order valence-corrected chi connectivity index (χ4v) is 4.20. The SMILES string of the molecule is CCNCCCN(C)S(=O)(=O)N1CC(C)C(N(C)C)C1. The summed E-state index contributed by atoms with van der Waals surface area (Å²) in [6.45, 7) is 7.71. The largest absolute Gasteiger partial charge is 0.317 e. The van der Waals surface area contributed by atoms with E-state index in [0.29, 0.717) is 31.6 Å². The summed E-state index contributed by atoms with van der Waals surface area (Å²) in [5, 5.41) is 3.21. The van der Waals surface area contributed by atoms with Gasteiger partial charge in [-0.1, -0.05) is 13.8 Å². The first-order valence-electron chi connectivity index (χ1n) is 7.39. The fraction of sp³-hybridized carbons (Fsp3) is 1.00. The first-order valence-corrected chi connectivity index (χ1v) is 8.79. The van der Waals surface area contributed by atoms with E-state index >= 15 is 0 Å². The van der Waals surface area contributed by atoms with E-state index in [1.54, 1.807) is 11.4 Å². The van der Waals surface area contributed by atoms with Crippen molar-refractivity contribution in [3.05, 3.63) is 0 Å². The smallest absolute Gasteiger partial charge is 0.281 e. The average Bonchev–Trinajstić information content (AvgIpc) is 2.77. The number of nitrogens with zero attached hydrogens (tertiary/aromatic N) is 3. The van der Waals surface area contributed by atoms with Crippen molar-refractivity contribution in [3.63, 3.8) is 0 Å². The van der Waals surface area contributed by atoms with Gasteiger partial charge < -0.3 is 10.2 Å². The van der Waals surface area contributed by atoms with E-state index in [1.807, 2.05) is 21.0 Å². The third kappa shape index (κ3) is 4.39. The number of nitrogens with one attached hydrogen (secondary N) is 1. The normalized spacial score (nSPS) is 24.9. The maximum atomic E-state index is 12.5. The molecule has 7 heteroatoms. The number of rotatable bonds is 8. The third-order valence-electron chi connectivity index (χ3n) is 4.00. The van der Waals surface area contributed by atoms with Crippen LogP contribution in [0, 0.1) is 5.92 Å². The Hall–Kier alpha value is -0.210. The molecule has 6 nitrogen and oxygen atoms in total. The number of hydrogen-bond acceptors (Lipinski definition) is 4. The quantitative estimate of drug-likeness (QED) is 0.644. The van der Waals surface area contributed by atoms with Crippen LogP contribution in [-0.2, 0) is 10.2 Å². The molecule has 120 valence electrons. The Labute approximate surface area is 124 Å². The van der Waals surface area contributed by atoms with Crippen molar-refractivity contribution >= 4 is 10.2 Å². The summed E-state index contributed by atoms with van der Waals surface area (Å²) in [6, 6.07) is 0.305. The molecule has 0 amide bonds. The molecule has 1 saturated heterocycles. The van der Waals surface area contributed by atoms with Crippen LogP contribution in [-0.4, -0.2) is 81.8 Å². The van der Waals surface area contributed by atoms with E-state index in [4.69, 9.17) is 0 Å². The Balaban J connectivity index is 2.56. The number of likely N-dealkylation sites (N-methyl/N-ethyl adjacent to an activating group) is 1. The Kier molecular flexibility index (Phi) is 6.87. The Morgan fingerprint density at radius 2 is 1.90 bits per heavy atom. The first-order chi connectivity index (χ1) is 9.30.